The first-order chi connectivity index (χ1) is 6.24. The molecule has 0 N–H and O–H groups in total. The van der Waals surface area contributed by atoms with E-state index in [1.807, 2.05) is 19.0 Å². The van der Waals surface area contributed by atoms with Crippen molar-refractivity contribution in [3.05, 3.63) is 24.9 Å². The molecule has 0 bridgehead atoms. The fourth-order valence-corrected chi connectivity index (χ4v) is 0.773. The van der Waals surface area contributed by atoms with Crippen LogP contribution < -0.4 is 9.64 Å². The van der Waals surface area contributed by atoms with Gasteiger partial charge in [-0.05, 0) is 0 Å². The number of nitrogens with zero attached hydrogens (tertiary/aromatic N) is 3. The van der Waals surface area contributed by atoms with Gasteiger partial charge in [-0.2, -0.15) is 4.98 Å². The summed E-state index contributed by atoms with van der Waals surface area (Å²) in [4.78, 5) is 10.0. The fourth-order valence-electron chi connectivity index (χ4n) is 0.773. The van der Waals surface area contributed by atoms with Crippen LogP contribution in [0.5, 0.6) is 5.88 Å². The molecular weight excluding hydrogens is 166 g/mol. The van der Waals surface area contributed by atoms with Crippen LogP contribution in [-0.2, 0) is 0 Å². The highest BCUT2D eigenvalue weighted by Gasteiger charge is 2.00. The van der Waals surface area contributed by atoms with Crippen molar-refractivity contribution >= 4 is 5.95 Å². The minimum Gasteiger partial charge on any atom is -0.473 e. The molecule has 0 aromatic carbocycles. The summed E-state index contributed by atoms with van der Waals surface area (Å²) in [6.45, 7) is 4.02. The lowest BCUT2D eigenvalue weighted by atomic mass is 10.6. The molecule has 0 saturated carbocycles. The Morgan fingerprint density at radius 3 is 3.00 bits per heavy atom. The lowest BCUT2D eigenvalue weighted by Crippen LogP contribution is -2.12. The molecule has 0 aliphatic rings. The predicted molar refractivity (Wildman–Crippen MR) is 52.1 cm³/mol. The molecule has 70 valence electrons. The molecule has 0 spiro atoms. The van der Waals surface area contributed by atoms with Crippen LogP contribution in [0.25, 0.3) is 0 Å². The Bertz CT molecular complexity index is 286. The van der Waals surface area contributed by atoms with Crippen molar-refractivity contribution < 1.29 is 4.74 Å². The summed E-state index contributed by atoms with van der Waals surface area (Å²) in [5.74, 6) is 1.21. The zero-order valence-corrected chi connectivity index (χ0v) is 7.90. The normalized spacial score (nSPS) is 9.38. The average molecular weight is 179 g/mol. The van der Waals surface area contributed by atoms with Gasteiger partial charge in [0.1, 0.15) is 6.61 Å². The number of hydrogen-bond donors (Lipinski definition) is 0. The average Bonchev–Trinajstić information content (AvgIpc) is 2.15. The van der Waals surface area contributed by atoms with Gasteiger partial charge in [-0.1, -0.05) is 12.7 Å². The van der Waals surface area contributed by atoms with E-state index in [0.29, 0.717) is 18.4 Å². The van der Waals surface area contributed by atoms with Gasteiger partial charge >= 0.3 is 0 Å². The minimum atomic E-state index is 0.462. The first kappa shape index (κ1) is 9.51. The molecule has 0 amide bonds. The van der Waals surface area contributed by atoms with Gasteiger partial charge in [-0.15, -0.1) is 0 Å². The highest BCUT2D eigenvalue weighted by molar-refractivity contribution is 5.29. The zero-order valence-electron chi connectivity index (χ0n) is 7.90. The summed E-state index contributed by atoms with van der Waals surface area (Å²) >= 11 is 0. The fraction of sp³-hybridized carbons (Fsp3) is 0.333. The second-order valence-electron chi connectivity index (χ2n) is 2.69. The summed E-state index contributed by atoms with van der Waals surface area (Å²) in [5, 5.41) is 0. The largest absolute Gasteiger partial charge is 0.473 e. The van der Waals surface area contributed by atoms with E-state index in [1.165, 1.54) is 0 Å². The molecule has 4 nitrogen and oxygen atoms in total. The monoisotopic (exact) mass is 179 g/mol. The van der Waals surface area contributed by atoms with Crippen molar-refractivity contribution in [2.75, 3.05) is 25.6 Å². The van der Waals surface area contributed by atoms with Crippen LogP contribution in [-0.4, -0.2) is 30.7 Å². The Morgan fingerprint density at radius 2 is 2.38 bits per heavy atom. The summed E-state index contributed by atoms with van der Waals surface area (Å²) in [6, 6.07) is 1.72. The number of ether oxygens (including phenoxy) is 1. The van der Waals surface area contributed by atoms with Gasteiger partial charge < -0.3 is 9.64 Å². The van der Waals surface area contributed by atoms with Crippen LogP contribution in [0.2, 0.25) is 0 Å². The van der Waals surface area contributed by atoms with E-state index in [4.69, 9.17) is 4.74 Å². The highest BCUT2D eigenvalue weighted by atomic mass is 16.5. The van der Waals surface area contributed by atoms with Crippen molar-refractivity contribution in [2.24, 2.45) is 0 Å². The molecular formula is C9H13N3O. The predicted octanol–water partition coefficient (Wildman–Crippen LogP) is 1.11. The van der Waals surface area contributed by atoms with Crippen LogP contribution in [0.3, 0.4) is 0 Å². The van der Waals surface area contributed by atoms with E-state index in [-0.39, 0.29) is 0 Å². The summed E-state index contributed by atoms with van der Waals surface area (Å²) < 4.78 is 5.25. The first-order valence-corrected chi connectivity index (χ1v) is 3.98. The molecule has 0 aliphatic carbocycles. The summed E-state index contributed by atoms with van der Waals surface area (Å²) in [6.07, 6.45) is 3.35. The van der Waals surface area contributed by atoms with Crippen molar-refractivity contribution in [3.8, 4) is 5.88 Å². The van der Waals surface area contributed by atoms with Gasteiger partial charge in [0.05, 0.1) is 0 Å². The minimum absolute atomic E-state index is 0.462. The molecule has 1 rings (SSSR count). The lowest BCUT2D eigenvalue weighted by Gasteiger charge is -2.10. The third-order valence-electron chi connectivity index (χ3n) is 1.37. The topological polar surface area (TPSA) is 38.2 Å². The molecule has 0 atom stereocenters. The standard InChI is InChI=1S/C9H13N3O/c1-4-7-13-8-5-6-10-9(11-8)12(2)3/h4-6H,1,7H2,2-3H3. The SMILES string of the molecule is C=CCOc1ccnc(N(C)C)n1. The molecule has 0 unspecified atom stereocenters. The second-order valence-corrected chi connectivity index (χ2v) is 2.69. The molecule has 0 radical (unpaired) electrons. The van der Waals surface area contributed by atoms with Crippen LogP contribution in [0.1, 0.15) is 0 Å². The van der Waals surface area contributed by atoms with Gasteiger partial charge in [-0.25, -0.2) is 4.98 Å². The van der Waals surface area contributed by atoms with Gasteiger partial charge in [0.15, 0.2) is 0 Å². The maximum atomic E-state index is 5.25. The molecule has 0 fully saturated rings. The van der Waals surface area contributed by atoms with E-state index >= 15 is 0 Å². The third-order valence-corrected chi connectivity index (χ3v) is 1.37. The Labute approximate surface area is 77.9 Å². The van der Waals surface area contributed by atoms with Crippen molar-refractivity contribution in [1.29, 1.82) is 0 Å². The summed E-state index contributed by atoms with van der Waals surface area (Å²) in [7, 11) is 3.76. The van der Waals surface area contributed by atoms with E-state index in [9.17, 15) is 0 Å². The van der Waals surface area contributed by atoms with Crippen LogP contribution in [0, 0.1) is 0 Å². The van der Waals surface area contributed by atoms with Gasteiger partial charge in [0, 0.05) is 26.4 Å². The Balaban J connectivity index is 2.73. The Hall–Kier alpha value is -1.58. The van der Waals surface area contributed by atoms with E-state index in [0.717, 1.165) is 0 Å². The van der Waals surface area contributed by atoms with E-state index in [1.54, 1.807) is 18.3 Å². The second kappa shape index (κ2) is 4.45. The number of aromatic nitrogens is 2. The van der Waals surface area contributed by atoms with Gasteiger partial charge in [-0.3, -0.25) is 0 Å². The molecule has 1 aromatic heterocycles. The molecule has 0 aliphatic heterocycles. The molecule has 1 heterocycles. The van der Waals surface area contributed by atoms with Crippen LogP contribution in [0.15, 0.2) is 24.9 Å². The lowest BCUT2D eigenvalue weighted by molar-refractivity contribution is 0.348. The van der Waals surface area contributed by atoms with Crippen molar-refractivity contribution in [1.82, 2.24) is 9.97 Å². The maximum Gasteiger partial charge on any atom is 0.228 e. The maximum absolute atomic E-state index is 5.25. The molecule has 0 saturated heterocycles. The van der Waals surface area contributed by atoms with E-state index in [2.05, 4.69) is 16.5 Å². The van der Waals surface area contributed by atoms with Gasteiger partial charge in [0.25, 0.3) is 0 Å². The Morgan fingerprint density at radius 1 is 1.62 bits per heavy atom. The van der Waals surface area contributed by atoms with Crippen LogP contribution in [0.4, 0.5) is 5.95 Å². The number of anilines is 1. The molecule has 1 aromatic rings. The quantitative estimate of drug-likeness (QED) is 0.649. The summed E-state index contributed by atoms with van der Waals surface area (Å²) in [5.41, 5.74) is 0. The number of rotatable bonds is 4. The smallest absolute Gasteiger partial charge is 0.228 e. The van der Waals surface area contributed by atoms with Crippen molar-refractivity contribution in [2.45, 2.75) is 0 Å². The van der Waals surface area contributed by atoms with Gasteiger partial charge in [0.2, 0.25) is 11.8 Å². The third kappa shape index (κ3) is 2.74. The number of hydrogen-bond acceptors (Lipinski definition) is 4. The van der Waals surface area contributed by atoms with Crippen LogP contribution >= 0.6 is 0 Å². The highest BCUT2D eigenvalue weighted by Crippen LogP contribution is 2.09. The zero-order chi connectivity index (χ0) is 9.68. The first-order valence-electron chi connectivity index (χ1n) is 3.98. The molecule has 4 heteroatoms. The molecule has 13 heavy (non-hydrogen) atoms. The van der Waals surface area contributed by atoms with Crippen molar-refractivity contribution in [3.63, 3.8) is 0 Å². The Kier molecular flexibility index (Phi) is 3.25. The van der Waals surface area contributed by atoms with E-state index < -0.39 is 0 Å².